The molecule has 112 valence electrons. The van der Waals surface area contributed by atoms with Gasteiger partial charge in [0, 0.05) is 32.4 Å². The van der Waals surface area contributed by atoms with Gasteiger partial charge in [0.25, 0.3) is 0 Å². The molecule has 4 rings (SSSR count). The Kier molecular flexibility index (Phi) is 3.15. The second-order valence-corrected chi connectivity index (χ2v) is 7.14. The summed E-state index contributed by atoms with van der Waals surface area (Å²) in [6, 6.07) is 2.56. The Labute approximate surface area is 131 Å². The molecule has 0 N–H and O–H groups in total. The van der Waals surface area contributed by atoms with Gasteiger partial charge in [-0.15, -0.1) is 0 Å². The lowest BCUT2D eigenvalue weighted by Gasteiger charge is -2.48. The van der Waals surface area contributed by atoms with E-state index in [-0.39, 0.29) is 0 Å². The Bertz CT molecular complexity index is 584. The summed E-state index contributed by atoms with van der Waals surface area (Å²) in [6.07, 6.45) is 4.68. The molecular formula is C16H22N4S. The highest BCUT2D eigenvalue weighted by atomic mass is 32.1. The summed E-state index contributed by atoms with van der Waals surface area (Å²) >= 11 is 5.87. The van der Waals surface area contributed by atoms with Crippen molar-refractivity contribution < 1.29 is 0 Å². The molecule has 1 aromatic heterocycles. The summed E-state index contributed by atoms with van der Waals surface area (Å²) in [6.45, 7) is 6.29. The first-order valence-corrected chi connectivity index (χ1v) is 8.27. The average Bonchev–Trinajstić information content (AvgIpc) is 3.27. The molecule has 1 unspecified atom stereocenters. The summed E-state index contributed by atoms with van der Waals surface area (Å²) in [7, 11) is 2.18. The monoisotopic (exact) mass is 302 g/mol. The van der Waals surface area contributed by atoms with Crippen LogP contribution in [0, 0.1) is 12.8 Å². The van der Waals surface area contributed by atoms with Gasteiger partial charge in [-0.3, -0.25) is 0 Å². The summed E-state index contributed by atoms with van der Waals surface area (Å²) in [4.78, 5) is 13.0. The van der Waals surface area contributed by atoms with E-state index in [1.165, 1.54) is 24.1 Å². The van der Waals surface area contributed by atoms with Gasteiger partial charge in [-0.25, -0.2) is 4.98 Å². The summed E-state index contributed by atoms with van der Waals surface area (Å²) in [5, 5.41) is 0. The number of anilines is 2. The molecule has 3 heterocycles. The molecule has 2 fully saturated rings. The van der Waals surface area contributed by atoms with Crippen molar-refractivity contribution in [1.82, 2.24) is 9.88 Å². The van der Waals surface area contributed by atoms with Crippen molar-refractivity contribution in [2.45, 2.75) is 25.8 Å². The molecule has 1 aliphatic carbocycles. The van der Waals surface area contributed by atoms with E-state index in [0.29, 0.717) is 6.04 Å². The van der Waals surface area contributed by atoms with Crippen molar-refractivity contribution in [2.75, 3.05) is 43.0 Å². The minimum Gasteiger partial charge on any atom is -0.343 e. The Morgan fingerprint density at radius 2 is 2.14 bits per heavy atom. The lowest BCUT2D eigenvalue weighted by Crippen LogP contribution is -2.62. The van der Waals surface area contributed by atoms with Gasteiger partial charge in [0.1, 0.15) is 4.99 Å². The molecule has 1 atom stereocenters. The maximum Gasteiger partial charge on any atom is 0.153 e. The van der Waals surface area contributed by atoms with Crippen molar-refractivity contribution in [3.05, 3.63) is 17.8 Å². The predicted octanol–water partition coefficient (Wildman–Crippen LogP) is 2.07. The number of hydrogen-bond donors (Lipinski definition) is 0. The van der Waals surface area contributed by atoms with Gasteiger partial charge in [0.2, 0.25) is 0 Å². The zero-order valence-corrected chi connectivity index (χ0v) is 13.6. The number of rotatable bonds is 2. The molecule has 0 bridgehead atoms. The van der Waals surface area contributed by atoms with Gasteiger partial charge >= 0.3 is 0 Å². The van der Waals surface area contributed by atoms with E-state index in [0.717, 1.165) is 42.9 Å². The van der Waals surface area contributed by atoms with Crippen LogP contribution in [0.3, 0.4) is 0 Å². The van der Waals surface area contributed by atoms with Crippen LogP contribution in [0.1, 0.15) is 18.4 Å². The molecule has 5 heteroatoms. The van der Waals surface area contributed by atoms with Gasteiger partial charge in [-0.1, -0.05) is 12.2 Å². The van der Waals surface area contributed by atoms with E-state index < -0.39 is 0 Å². The minimum atomic E-state index is 0.306. The molecule has 0 aromatic carbocycles. The van der Waals surface area contributed by atoms with Crippen LogP contribution in [0.5, 0.6) is 0 Å². The molecule has 2 aliphatic heterocycles. The molecular weight excluding hydrogens is 280 g/mol. The smallest absolute Gasteiger partial charge is 0.153 e. The van der Waals surface area contributed by atoms with Crippen LogP contribution in [0.15, 0.2) is 12.3 Å². The summed E-state index contributed by atoms with van der Waals surface area (Å²) < 4.78 is 0. The topological polar surface area (TPSA) is 22.6 Å². The second-order valence-electron chi connectivity index (χ2n) is 6.72. The molecule has 3 aliphatic rings. The van der Waals surface area contributed by atoms with Crippen LogP contribution in [-0.4, -0.2) is 54.1 Å². The lowest BCUT2D eigenvalue weighted by atomic mass is 10.1. The Hall–Kier alpha value is -1.20. The van der Waals surface area contributed by atoms with Crippen molar-refractivity contribution in [2.24, 2.45) is 5.92 Å². The van der Waals surface area contributed by atoms with E-state index in [2.05, 4.69) is 34.7 Å². The molecule has 1 aromatic rings. The van der Waals surface area contributed by atoms with E-state index in [9.17, 15) is 0 Å². The van der Waals surface area contributed by atoms with Crippen molar-refractivity contribution in [3.8, 4) is 0 Å². The average molecular weight is 302 g/mol. The number of aromatic nitrogens is 1. The number of fused-ring (bicyclic) bond motifs is 3. The van der Waals surface area contributed by atoms with Crippen LogP contribution in [0.2, 0.25) is 0 Å². The minimum absolute atomic E-state index is 0.306. The molecule has 0 radical (unpaired) electrons. The summed E-state index contributed by atoms with van der Waals surface area (Å²) in [5.41, 5.74) is 2.44. The van der Waals surface area contributed by atoms with Crippen molar-refractivity contribution in [1.29, 1.82) is 0 Å². The van der Waals surface area contributed by atoms with Crippen LogP contribution >= 0.6 is 12.2 Å². The van der Waals surface area contributed by atoms with Gasteiger partial charge in [0.15, 0.2) is 5.82 Å². The fraction of sp³-hybridized carbons (Fsp3) is 0.625. The maximum absolute atomic E-state index is 5.87. The third-order valence-electron chi connectivity index (χ3n) is 4.82. The largest absolute Gasteiger partial charge is 0.343 e. The number of piperazine rings is 1. The number of hydrogen-bond acceptors (Lipinski definition) is 4. The van der Waals surface area contributed by atoms with Crippen LogP contribution in [0.4, 0.5) is 11.5 Å². The third kappa shape index (κ3) is 2.32. The highest BCUT2D eigenvalue weighted by molar-refractivity contribution is 7.80. The second kappa shape index (κ2) is 4.92. The Morgan fingerprint density at radius 1 is 1.33 bits per heavy atom. The summed E-state index contributed by atoms with van der Waals surface area (Å²) in [5.74, 6) is 1.96. The third-order valence-corrected chi connectivity index (χ3v) is 5.31. The first kappa shape index (κ1) is 13.5. The Balaban J connectivity index is 1.76. The molecule has 4 nitrogen and oxygen atoms in total. The highest BCUT2D eigenvalue weighted by Crippen LogP contribution is 2.40. The lowest BCUT2D eigenvalue weighted by molar-refractivity contribution is 0.291. The molecule has 1 saturated carbocycles. The van der Waals surface area contributed by atoms with E-state index in [1.807, 2.05) is 6.20 Å². The number of thiocarbonyl (C=S) groups is 1. The molecule has 21 heavy (non-hydrogen) atoms. The zero-order valence-electron chi connectivity index (χ0n) is 12.7. The number of likely N-dealkylation sites (N-methyl/N-ethyl adjacent to an activating group) is 1. The molecule has 1 saturated heterocycles. The SMILES string of the molecule is Cc1cnc2c(c1)N(CC1CC1)C(=S)C1CN(C)CCN21. The predicted molar refractivity (Wildman–Crippen MR) is 90.3 cm³/mol. The normalized spacial score (nSPS) is 25.8. The van der Waals surface area contributed by atoms with E-state index in [4.69, 9.17) is 17.2 Å². The van der Waals surface area contributed by atoms with Gasteiger partial charge in [-0.05, 0) is 44.4 Å². The number of nitrogens with zero attached hydrogens (tertiary/aromatic N) is 4. The number of pyridine rings is 1. The Morgan fingerprint density at radius 3 is 2.90 bits per heavy atom. The van der Waals surface area contributed by atoms with Gasteiger partial charge in [-0.2, -0.15) is 0 Å². The van der Waals surface area contributed by atoms with Crippen molar-refractivity contribution in [3.63, 3.8) is 0 Å². The van der Waals surface area contributed by atoms with Crippen LogP contribution in [0.25, 0.3) is 0 Å². The molecule has 0 amide bonds. The number of aryl methyl sites for hydroxylation is 1. The first-order valence-electron chi connectivity index (χ1n) is 7.86. The maximum atomic E-state index is 5.87. The first-order chi connectivity index (χ1) is 10.1. The molecule has 0 spiro atoms. The standard InChI is InChI=1S/C16H22N4S/c1-11-7-13-15(17-8-11)19-6-5-18(2)10-14(19)16(21)20(13)9-12-3-4-12/h7-8,12,14H,3-6,9-10H2,1-2H3. The fourth-order valence-corrected chi connectivity index (χ4v) is 3.77. The fourth-order valence-electron chi connectivity index (χ4n) is 3.40. The zero-order chi connectivity index (χ0) is 14.6. The van der Waals surface area contributed by atoms with Crippen molar-refractivity contribution >= 4 is 28.7 Å². The quantitative estimate of drug-likeness (QED) is 0.778. The van der Waals surface area contributed by atoms with Gasteiger partial charge in [0.05, 0.1) is 11.7 Å². The van der Waals surface area contributed by atoms with Crippen LogP contribution < -0.4 is 9.80 Å². The highest BCUT2D eigenvalue weighted by Gasteiger charge is 2.40. The van der Waals surface area contributed by atoms with E-state index >= 15 is 0 Å². The van der Waals surface area contributed by atoms with Crippen LogP contribution in [-0.2, 0) is 0 Å². The van der Waals surface area contributed by atoms with Gasteiger partial charge < -0.3 is 14.7 Å². The van der Waals surface area contributed by atoms with E-state index in [1.54, 1.807) is 0 Å².